The van der Waals surface area contributed by atoms with Gasteiger partial charge in [0.1, 0.15) is 11.3 Å². The van der Waals surface area contributed by atoms with Crippen LogP contribution in [0.3, 0.4) is 0 Å². The lowest BCUT2D eigenvalue weighted by molar-refractivity contribution is -0.148. The summed E-state index contributed by atoms with van der Waals surface area (Å²) in [6.45, 7) is 4.17. The molecule has 1 saturated heterocycles. The molecule has 20 heavy (non-hydrogen) atoms. The Hall–Kier alpha value is -2.05. The Morgan fingerprint density at radius 3 is 2.90 bits per heavy atom. The van der Waals surface area contributed by atoms with Gasteiger partial charge in [-0.3, -0.25) is 0 Å². The molecule has 2 heterocycles. The van der Waals surface area contributed by atoms with Gasteiger partial charge >= 0.3 is 12.0 Å². The fourth-order valence-corrected chi connectivity index (χ4v) is 2.65. The summed E-state index contributed by atoms with van der Waals surface area (Å²) in [5.74, 6) is 0.135. The van der Waals surface area contributed by atoms with Crippen LogP contribution in [0.2, 0.25) is 0 Å². The quantitative estimate of drug-likeness (QED) is 0.872. The van der Waals surface area contributed by atoms with Gasteiger partial charge < -0.3 is 19.7 Å². The number of urea groups is 1. The molecule has 1 aromatic heterocycles. The van der Waals surface area contributed by atoms with Crippen molar-refractivity contribution in [2.45, 2.75) is 45.2 Å². The largest absolute Gasteiger partial charge is 0.479 e. The molecular weight excluding hydrogens is 262 g/mol. The van der Waals surface area contributed by atoms with Crippen LogP contribution in [0, 0.1) is 6.92 Å². The number of oxazole rings is 1. The number of carbonyl (C=O) groups excluding carboxylic acids is 1. The molecule has 0 spiro atoms. The lowest BCUT2D eigenvalue weighted by atomic mass is 9.93. The third kappa shape index (κ3) is 2.48. The maximum absolute atomic E-state index is 12.2. The highest BCUT2D eigenvalue weighted by Gasteiger charge is 2.48. The van der Waals surface area contributed by atoms with E-state index in [0.717, 1.165) is 0 Å². The van der Waals surface area contributed by atoms with Gasteiger partial charge in [0.25, 0.3) is 0 Å². The maximum Gasteiger partial charge on any atom is 0.329 e. The summed E-state index contributed by atoms with van der Waals surface area (Å²) in [5.41, 5.74) is -1.09. The van der Waals surface area contributed by atoms with Crippen molar-refractivity contribution >= 4 is 12.0 Å². The number of nitrogens with one attached hydrogen (secondary N) is 1. The van der Waals surface area contributed by atoms with Crippen LogP contribution in [0.4, 0.5) is 4.79 Å². The predicted octanol–water partition coefficient (Wildman–Crippen LogP) is 1.52. The lowest BCUT2D eigenvalue weighted by Crippen LogP contribution is -2.55. The minimum absolute atomic E-state index is 0.155. The van der Waals surface area contributed by atoms with E-state index in [-0.39, 0.29) is 12.6 Å². The van der Waals surface area contributed by atoms with Crippen molar-refractivity contribution in [3.05, 3.63) is 17.8 Å². The SMILES string of the molecule is CCC1(C(=O)O)CCCN1C(=O)NCc1ncc(C)o1. The number of carbonyl (C=O) groups is 2. The second-order valence-corrected chi connectivity index (χ2v) is 4.97. The first kappa shape index (κ1) is 14.4. The second kappa shape index (κ2) is 5.52. The van der Waals surface area contributed by atoms with Crippen LogP contribution in [0.1, 0.15) is 37.8 Å². The number of aromatic nitrogens is 1. The Morgan fingerprint density at radius 2 is 2.35 bits per heavy atom. The summed E-state index contributed by atoms with van der Waals surface area (Å²) >= 11 is 0. The van der Waals surface area contributed by atoms with Crippen molar-refractivity contribution < 1.29 is 19.1 Å². The number of rotatable bonds is 4. The first-order valence-corrected chi connectivity index (χ1v) is 6.70. The fraction of sp³-hybridized carbons (Fsp3) is 0.615. The monoisotopic (exact) mass is 281 g/mol. The van der Waals surface area contributed by atoms with Crippen molar-refractivity contribution in [3.63, 3.8) is 0 Å². The first-order chi connectivity index (χ1) is 9.49. The molecule has 7 nitrogen and oxygen atoms in total. The number of carboxylic acids is 1. The highest BCUT2D eigenvalue weighted by Crippen LogP contribution is 2.32. The van der Waals surface area contributed by atoms with Crippen molar-refractivity contribution in [2.24, 2.45) is 0 Å². The minimum atomic E-state index is -1.09. The normalized spacial score (nSPS) is 22.0. The lowest BCUT2D eigenvalue weighted by Gasteiger charge is -2.33. The van der Waals surface area contributed by atoms with Crippen LogP contribution in [0.15, 0.2) is 10.6 Å². The van der Waals surface area contributed by atoms with Gasteiger partial charge in [0.05, 0.1) is 12.7 Å². The van der Waals surface area contributed by atoms with Crippen molar-refractivity contribution in [1.82, 2.24) is 15.2 Å². The van der Waals surface area contributed by atoms with Crippen LogP contribution in [-0.4, -0.2) is 39.1 Å². The summed E-state index contributed by atoms with van der Waals surface area (Å²) in [7, 11) is 0. The number of likely N-dealkylation sites (tertiary alicyclic amines) is 1. The zero-order valence-electron chi connectivity index (χ0n) is 11.7. The van der Waals surface area contributed by atoms with Gasteiger partial charge in [-0.25, -0.2) is 14.6 Å². The number of nitrogens with zero attached hydrogens (tertiary/aromatic N) is 2. The third-order valence-corrected chi connectivity index (χ3v) is 3.78. The van der Waals surface area contributed by atoms with Gasteiger partial charge in [-0.2, -0.15) is 0 Å². The van der Waals surface area contributed by atoms with E-state index in [1.165, 1.54) is 4.90 Å². The number of hydrogen-bond donors (Lipinski definition) is 2. The zero-order valence-corrected chi connectivity index (χ0v) is 11.7. The average molecular weight is 281 g/mol. The van der Waals surface area contributed by atoms with Crippen LogP contribution in [0.5, 0.6) is 0 Å². The summed E-state index contributed by atoms with van der Waals surface area (Å²) < 4.78 is 5.26. The highest BCUT2D eigenvalue weighted by molar-refractivity contribution is 5.87. The number of amides is 2. The van der Waals surface area contributed by atoms with Gasteiger partial charge in [-0.05, 0) is 26.2 Å². The number of aryl methyl sites for hydroxylation is 1. The number of hydrogen-bond acceptors (Lipinski definition) is 4. The Morgan fingerprint density at radius 1 is 1.60 bits per heavy atom. The smallest absolute Gasteiger partial charge is 0.329 e. The molecule has 0 radical (unpaired) electrons. The number of carboxylic acid groups (broad SMARTS) is 1. The molecule has 2 rings (SSSR count). The van der Waals surface area contributed by atoms with E-state index in [0.29, 0.717) is 37.5 Å². The molecule has 0 aliphatic carbocycles. The van der Waals surface area contributed by atoms with Crippen LogP contribution < -0.4 is 5.32 Å². The highest BCUT2D eigenvalue weighted by atomic mass is 16.4. The summed E-state index contributed by atoms with van der Waals surface area (Å²) in [6.07, 6.45) is 3.16. The summed E-state index contributed by atoms with van der Waals surface area (Å²) in [6, 6.07) is -0.386. The molecule has 2 amide bonds. The Balaban J connectivity index is 2.02. The Labute approximate surface area is 117 Å². The molecule has 1 fully saturated rings. The van der Waals surface area contributed by atoms with Crippen molar-refractivity contribution in [1.29, 1.82) is 0 Å². The van der Waals surface area contributed by atoms with Gasteiger partial charge in [-0.15, -0.1) is 0 Å². The van der Waals surface area contributed by atoms with E-state index in [2.05, 4.69) is 10.3 Å². The summed E-state index contributed by atoms with van der Waals surface area (Å²) in [4.78, 5) is 29.1. The van der Waals surface area contributed by atoms with Crippen LogP contribution in [0.25, 0.3) is 0 Å². The van der Waals surface area contributed by atoms with Crippen molar-refractivity contribution in [2.75, 3.05) is 6.54 Å². The first-order valence-electron chi connectivity index (χ1n) is 6.70. The molecule has 1 aliphatic heterocycles. The second-order valence-electron chi connectivity index (χ2n) is 4.97. The molecule has 1 atom stereocenters. The molecule has 1 unspecified atom stereocenters. The number of aliphatic carboxylic acids is 1. The third-order valence-electron chi connectivity index (χ3n) is 3.78. The van der Waals surface area contributed by atoms with E-state index in [1.807, 2.05) is 0 Å². The molecule has 1 aromatic rings. The van der Waals surface area contributed by atoms with Crippen LogP contribution in [-0.2, 0) is 11.3 Å². The van der Waals surface area contributed by atoms with E-state index >= 15 is 0 Å². The molecule has 2 N–H and O–H groups in total. The molecule has 7 heteroatoms. The maximum atomic E-state index is 12.2. The molecule has 0 aromatic carbocycles. The van der Waals surface area contributed by atoms with E-state index in [9.17, 15) is 14.7 Å². The fourth-order valence-electron chi connectivity index (χ4n) is 2.65. The van der Waals surface area contributed by atoms with Gasteiger partial charge in [-0.1, -0.05) is 6.92 Å². The molecule has 0 saturated carbocycles. The van der Waals surface area contributed by atoms with Crippen LogP contribution >= 0.6 is 0 Å². The molecule has 0 bridgehead atoms. The van der Waals surface area contributed by atoms with E-state index in [4.69, 9.17) is 4.42 Å². The molecular formula is C13H19N3O4. The molecule has 1 aliphatic rings. The predicted molar refractivity (Wildman–Crippen MR) is 70.1 cm³/mol. The Kier molecular flexibility index (Phi) is 3.96. The van der Waals surface area contributed by atoms with E-state index < -0.39 is 11.5 Å². The summed E-state index contributed by atoms with van der Waals surface area (Å²) in [5, 5.41) is 12.1. The molecule has 110 valence electrons. The topological polar surface area (TPSA) is 95.7 Å². The standard InChI is InChI=1S/C13H19N3O4/c1-3-13(11(17)18)5-4-6-16(13)12(19)15-8-10-14-7-9(2)20-10/h7H,3-6,8H2,1-2H3,(H,15,19)(H,17,18). The average Bonchev–Trinajstić information content (AvgIpc) is 3.02. The van der Waals surface area contributed by atoms with E-state index in [1.54, 1.807) is 20.0 Å². The zero-order chi connectivity index (χ0) is 14.8. The van der Waals surface area contributed by atoms with Crippen molar-refractivity contribution in [3.8, 4) is 0 Å². The van der Waals surface area contributed by atoms with Gasteiger partial charge in [0, 0.05) is 6.54 Å². The van der Waals surface area contributed by atoms with Gasteiger partial charge in [0.2, 0.25) is 5.89 Å². The van der Waals surface area contributed by atoms with Gasteiger partial charge in [0.15, 0.2) is 0 Å². The minimum Gasteiger partial charge on any atom is -0.479 e. The Bertz CT molecular complexity index is 513.